The Morgan fingerprint density at radius 1 is 1.53 bits per heavy atom. The molecule has 1 atom stereocenters. The van der Waals surface area contributed by atoms with Crippen molar-refractivity contribution in [1.82, 2.24) is 4.90 Å². The van der Waals surface area contributed by atoms with E-state index in [9.17, 15) is 9.18 Å². The molecule has 92 valence electrons. The minimum Gasteiger partial charge on any atom is -0.399 e. The van der Waals surface area contributed by atoms with Crippen LogP contribution in [0, 0.1) is 5.82 Å². The molecule has 5 heteroatoms. The van der Waals surface area contributed by atoms with Crippen molar-refractivity contribution in [2.24, 2.45) is 0 Å². The van der Waals surface area contributed by atoms with E-state index in [4.69, 9.17) is 5.73 Å². The summed E-state index contributed by atoms with van der Waals surface area (Å²) < 4.78 is 13.2. The van der Waals surface area contributed by atoms with Gasteiger partial charge < -0.3 is 10.6 Å². The van der Waals surface area contributed by atoms with Crippen molar-refractivity contribution < 1.29 is 9.18 Å². The maximum Gasteiger partial charge on any atom is 0.254 e. The maximum absolute atomic E-state index is 13.2. The van der Waals surface area contributed by atoms with Gasteiger partial charge in [-0.3, -0.25) is 4.79 Å². The number of anilines is 1. The van der Waals surface area contributed by atoms with Gasteiger partial charge in [0, 0.05) is 35.3 Å². The molecule has 1 fully saturated rings. The molecule has 1 unspecified atom stereocenters. The predicted octanol–water partition coefficient (Wildman–Crippen LogP) is 1.99. The molecule has 1 aromatic carbocycles. The fourth-order valence-corrected chi connectivity index (χ4v) is 2.94. The summed E-state index contributed by atoms with van der Waals surface area (Å²) in [4.78, 5) is 14.0. The first kappa shape index (κ1) is 12.2. The number of halogens is 1. The van der Waals surface area contributed by atoms with Crippen molar-refractivity contribution in [1.29, 1.82) is 0 Å². The van der Waals surface area contributed by atoms with E-state index in [0.29, 0.717) is 12.1 Å². The van der Waals surface area contributed by atoms with Crippen molar-refractivity contribution in [2.45, 2.75) is 13.0 Å². The molecule has 3 nitrogen and oxygen atoms in total. The molecule has 1 aliphatic heterocycles. The van der Waals surface area contributed by atoms with E-state index in [2.05, 4.69) is 0 Å². The van der Waals surface area contributed by atoms with E-state index in [1.807, 2.05) is 18.7 Å². The summed E-state index contributed by atoms with van der Waals surface area (Å²) in [5.74, 6) is 1.26. The van der Waals surface area contributed by atoms with Gasteiger partial charge in [-0.1, -0.05) is 0 Å². The summed E-state index contributed by atoms with van der Waals surface area (Å²) in [6, 6.07) is 4.17. The average molecular weight is 254 g/mol. The summed E-state index contributed by atoms with van der Waals surface area (Å²) in [6.45, 7) is 2.72. The lowest BCUT2D eigenvalue weighted by molar-refractivity contribution is 0.0715. The van der Waals surface area contributed by atoms with Gasteiger partial charge in [0.1, 0.15) is 5.82 Å². The van der Waals surface area contributed by atoms with Gasteiger partial charge in [0.2, 0.25) is 0 Å². The highest BCUT2D eigenvalue weighted by Gasteiger charge is 2.24. The van der Waals surface area contributed by atoms with Crippen molar-refractivity contribution in [3.63, 3.8) is 0 Å². The Bertz CT molecular complexity index is 418. The number of rotatable bonds is 1. The van der Waals surface area contributed by atoms with E-state index in [0.717, 1.165) is 11.5 Å². The van der Waals surface area contributed by atoms with E-state index in [-0.39, 0.29) is 17.6 Å². The third-order valence-corrected chi connectivity index (χ3v) is 3.98. The molecule has 2 rings (SSSR count). The van der Waals surface area contributed by atoms with Gasteiger partial charge >= 0.3 is 0 Å². The van der Waals surface area contributed by atoms with Gasteiger partial charge in [0.05, 0.1) is 0 Å². The van der Waals surface area contributed by atoms with Gasteiger partial charge in [0.25, 0.3) is 5.91 Å². The monoisotopic (exact) mass is 254 g/mol. The summed E-state index contributed by atoms with van der Waals surface area (Å²) in [5.41, 5.74) is 6.17. The minimum absolute atomic E-state index is 0.135. The lowest BCUT2D eigenvalue weighted by Crippen LogP contribution is -2.44. The van der Waals surface area contributed by atoms with Crippen LogP contribution in [0.2, 0.25) is 0 Å². The fourth-order valence-electron chi connectivity index (χ4n) is 1.93. The molecular weight excluding hydrogens is 239 g/mol. The van der Waals surface area contributed by atoms with Crippen LogP contribution in [0.1, 0.15) is 17.3 Å². The third kappa shape index (κ3) is 2.72. The number of nitrogens with two attached hydrogens (primary N) is 1. The van der Waals surface area contributed by atoms with E-state index in [1.54, 1.807) is 4.90 Å². The third-order valence-electron chi connectivity index (χ3n) is 2.80. The number of nitrogen functional groups attached to an aromatic ring is 1. The molecule has 1 amide bonds. The highest BCUT2D eigenvalue weighted by Crippen LogP contribution is 2.20. The van der Waals surface area contributed by atoms with E-state index >= 15 is 0 Å². The summed E-state index contributed by atoms with van der Waals surface area (Å²) in [7, 11) is 0. The van der Waals surface area contributed by atoms with Crippen molar-refractivity contribution in [3.05, 3.63) is 29.6 Å². The van der Waals surface area contributed by atoms with E-state index < -0.39 is 5.82 Å². The molecule has 2 N–H and O–H groups in total. The fraction of sp³-hybridized carbons (Fsp3) is 0.417. The highest BCUT2D eigenvalue weighted by molar-refractivity contribution is 7.99. The molecule has 0 saturated carbocycles. The molecule has 1 heterocycles. The van der Waals surface area contributed by atoms with Crippen LogP contribution >= 0.6 is 11.8 Å². The second kappa shape index (κ2) is 4.96. The first-order chi connectivity index (χ1) is 8.08. The van der Waals surface area contributed by atoms with Crippen LogP contribution in [-0.2, 0) is 0 Å². The van der Waals surface area contributed by atoms with Gasteiger partial charge in [0.15, 0.2) is 0 Å². The molecule has 1 aromatic rings. The largest absolute Gasteiger partial charge is 0.399 e. The van der Waals surface area contributed by atoms with Crippen LogP contribution in [-0.4, -0.2) is 34.9 Å². The Kier molecular flexibility index (Phi) is 3.57. The van der Waals surface area contributed by atoms with Crippen molar-refractivity contribution in [2.75, 3.05) is 23.8 Å². The van der Waals surface area contributed by atoms with Crippen LogP contribution in [0.3, 0.4) is 0 Å². The zero-order valence-electron chi connectivity index (χ0n) is 9.65. The van der Waals surface area contributed by atoms with Crippen LogP contribution < -0.4 is 5.73 Å². The SMILES string of the molecule is CC1CSCCN1C(=O)c1cc(N)cc(F)c1. The van der Waals surface area contributed by atoms with Crippen LogP contribution in [0.15, 0.2) is 18.2 Å². The van der Waals surface area contributed by atoms with Gasteiger partial charge in [-0.25, -0.2) is 4.39 Å². The Morgan fingerprint density at radius 3 is 2.94 bits per heavy atom. The smallest absolute Gasteiger partial charge is 0.254 e. The first-order valence-corrected chi connectivity index (χ1v) is 6.68. The molecule has 0 bridgehead atoms. The zero-order valence-corrected chi connectivity index (χ0v) is 10.5. The van der Waals surface area contributed by atoms with Gasteiger partial charge in [-0.05, 0) is 25.1 Å². The average Bonchev–Trinajstić information content (AvgIpc) is 2.27. The standard InChI is InChI=1S/C12H15FN2OS/c1-8-7-17-3-2-15(8)12(16)9-4-10(13)6-11(14)5-9/h4-6,8H,2-3,7,14H2,1H3. The number of carbonyl (C=O) groups excluding carboxylic acids is 1. The molecule has 1 saturated heterocycles. The molecule has 0 aromatic heterocycles. The van der Waals surface area contributed by atoms with Crippen molar-refractivity contribution >= 4 is 23.4 Å². The second-order valence-electron chi connectivity index (χ2n) is 4.20. The highest BCUT2D eigenvalue weighted by atomic mass is 32.2. The predicted molar refractivity (Wildman–Crippen MR) is 68.6 cm³/mol. The molecule has 1 aliphatic rings. The summed E-state index contributed by atoms with van der Waals surface area (Å²) in [5, 5.41) is 0. The number of thioether (sulfide) groups is 1. The summed E-state index contributed by atoms with van der Waals surface area (Å²) >= 11 is 1.83. The number of carbonyl (C=O) groups is 1. The number of hydrogen-bond acceptors (Lipinski definition) is 3. The number of hydrogen-bond donors (Lipinski definition) is 1. The number of benzene rings is 1. The first-order valence-electron chi connectivity index (χ1n) is 5.52. The molecule has 0 aliphatic carbocycles. The summed E-state index contributed by atoms with van der Waals surface area (Å²) in [6.07, 6.45) is 0. The number of nitrogens with zero attached hydrogens (tertiary/aromatic N) is 1. The Balaban J connectivity index is 2.23. The number of amides is 1. The Hall–Kier alpha value is -1.23. The molecule has 17 heavy (non-hydrogen) atoms. The van der Waals surface area contributed by atoms with E-state index in [1.165, 1.54) is 18.2 Å². The minimum atomic E-state index is -0.465. The van der Waals surface area contributed by atoms with Crippen LogP contribution in [0.25, 0.3) is 0 Å². The van der Waals surface area contributed by atoms with Crippen LogP contribution in [0.4, 0.5) is 10.1 Å². The van der Waals surface area contributed by atoms with Crippen LogP contribution in [0.5, 0.6) is 0 Å². The Morgan fingerprint density at radius 2 is 2.29 bits per heavy atom. The quantitative estimate of drug-likeness (QED) is 0.780. The normalized spacial score (nSPS) is 20.4. The molecule has 0 radical (unpaired) electrons. The molecular formula is C12H15FN2OS. The lowest BCUT2D eigenvalue weighted by Gasteiger charge is -2.33. The topological polar surface area (TPSA) is 46.3 Å². The Labute approximate surface area is 104 Å². The van der Waals surface area contributed by atoms with Gasteiger partial charge in [-0.15, -0.1) is 0 Å². The van der Waals surface area contributed by atoms with Gasteiger partial charge in [-0.2, -0.15) is 11.8 Å². The lowest BCUT2D eigenvalue weighted by atomic mass is 10.1. The second-order valence-corrected chi connectivity index (χ2v) is 5.35. The maximum atomic E-state index is 13.2. The molecule has 0 spiro atoms. The van der Waals surface area contributed by atoms with Crippen molar-refractivity contribution in [3.8, 4) is 0 Å². The zero-order chi connectivity index (χ0) is 12.4.